The van der Waals surface area contributed by atoms with E-state index in [9.17, 15) is 14.7 Å². The number of aromatic nitrogens is 1. The number of carbonyl (C=O) groups is 2. The van der Waals surface area contributed by atoms with Gasteiger partial charge < -0.3 is 14.9 Å². The SMILES string of the molecule is CC(c1c[nH]c2cccc(Cl)c12)C(C=O)CN1CCCC2(C(=O)O)CCCCC12. The summed E-state index contributed by atoms with van der Waals surface area (Å²) in [6, 6.07) is 5.80. The second-order valence-electron chi connectivity index (χ2n) is 8.82. The standard InChI is InChI=1S/C23H29ClN2O3/c1-15(17-12-25-19-7-4-6-18(24)21(17)19)16(14-27)13-26-11-5-10-23(22(28)29)9-3-2-8-20(23)26/h4,6-7,12,14-16,20,25H,2-3,5,8-11,13H2,1H3,(H,28,29). The van der Waals surface area contributed by atoms with Crippen molar-refractivity contribution < 1.29 is 14.7 Å². The maximum Gasteiger partial charge on any atom is 0.311 e. The smallest absolute Gasteiger partial charge is 0.311 e. The molecule has 6 heteroatoms. The molecule has 2 aromatic rings. The summed E-state index contributed by atoms with van der Waals surface area (Å²) in [5.74, 6) is -0.881. The number of carboxylic acids is 1. The Bertz CT molecular complexity index is 907. The number of aliphatic carboxylic acids is 1. The van der Waals surface area contributed by atoms with E-state index in [4.69, 9.17) is 11.6 Å². The number of aldehydes is 1. The summed E-state index contributed by atoms with van der Waals surface area (Å²) >= 11 is 6.45. The van der Waals surface area contributed by atoms with Gasteiger partial charge in [0.2, 0.25) is 0 Å². The van der Waals surface area contributed by atoms with Gasteiger partial charge in [-0.1, -0.05) is 37.4 Å². The minimum Gasteiger partial charge on any atom is -0.481 e. The van der Waals surface area contributed by atoms with Crippen molar-refractivity contribution in [2.24, 2.45) is 11.3 Å². The molecule has 156 valence electrons. The topological polar surface area (TPSA) is 73.4 Å². The third kappa shape index (κ3) is 3.49. The van der Waals surface area contributed by atoms with Crippen molar-refractivity contribution in [3.8, 4) is 0 Å². The number of halogens is 1. The molecule has 4 unspecified atom stereocenters. The molecule has 1 saturated carbocycles. The van der Waals surface area contributed by atoms with Gasteiger partial charge in [-0.05, 0) is 55.8 Å². The van der Waals surface area contributed by atoms with Crippen molar-refractivity contribution in [2.75, 3.05) is 13.1 Å². The zero-order valence-corrected chi connectivity index (χ0v) is 17.6. The third-order valence-corrected chi connectivity index (χ3v) is 7.68. The van der Waals surface area contributed by atoms with Crippen LogP contribution >= 0.6 is 11.6 Å². The first-order valence-corrected chi connectivity index (χ1v) is 11.0. The lowest BCUT2D eigenvalue weighted by molar-refractivity contribution is -0.161. The van der Waals surface area contributed by atoms with Gasteiger partial charge in [0.15, 0.2) is 0 Å². The van der Waals surface area contributed by atoms with Crippen LogP contribution in [0.2, 0.25) is 5.02 Å². The van der Waals surface area contributed by atoms with E-state index in [1.54, 1.807) is 0 Å². The number of H-pyrrole nitrogens is 1. The molecule has 0 spiro atoms. The van der Waals surface area contributed by atoms with Gasteiger partial charge >= 0.3 is 5.97 Å². The second kappa shape index (κ2) is 8.11. The Balaban J connectivity index is 1.59. The van der Waals surface area contributed by atoms with Crippen molar-refractivity contribution in [2.45, 2.75) is 57.4 Å². The summed E-state index contributed by atoms with van der Waals surface area (Å²) in [4.78, 5) is 29.9. The first kappa shape index (κ1) is 20.4. The fourth-order valence-electron chi connectivity index (χ4n) is 5.72. The first-order chi connectivity index (χ1) is 14.0. The van der Waals surface area contributed by atoms with E-state index < -0.39 is 11.4 Å². The largest absolute Gasteiger partial charge is 0.481 e. The summed E-state index contributed by atoms with van der Waals surface area (Å²) in [6.07, 6.45) is 8.34. The number of nitrogens with one attached hydrogen (secondary N) is 1. The average Bonchev–Trinajstić information content (AvgIpc) is 3.17. The molecule has 0 amide bonds. The quantitative estimate of drug-likeness (QED) is 0.660. The number of carbonyl (C=O) groups excluding carboxylic acids is 1. The number of benzene rings is 1. The van der Waals surface area contributed by atoms with Gasteiger partial charge in [0.1, 0.15) is 6.29 Å². The predicted octanol–water partition coefficient (Wildman–Crippen LogP) is 4.85. The zero-order chi connectivity index (χ0) is 20.6. The van der Waals surface area contributed by atoms with Gasteiger partial charge in [-0.2, -0.15) is 0 Å². The van der Waals surface area contributed by atoms with E-state index in [1.165, 1.54) is 0 Å². The molecule has 2 fully saturated rings. The lowest BCUT2D eigenvalue weighted by Crippen LogP contribution is -2.58. The Hall–Kier alpha value is -1.85. The van der Waals surface area contributed by atoms with Crippen LogP contribution in [0.1, 0.15) is 56.9 Å². The highest BCUT2D eigenvalue weighted by molar-refractivity contribution is 6.35. The maximum absolute atomic E-state index is 12.2. The minimum absolute atomic E-state index is 0.00843. The van der Waals surface area contributed by atoms with Crippen molar-refractivity contribution in [3.05, 3.63) is 35.0 Å². The molecule has 4 atom stereocenters. The van der Waals surface area contributed by atoms with E-state index in [2.05, 4.69) is 16.8 Å². The monoisotopic (exact) mass is 416 g/mol. The van der Waals surface area contributed by atoms with E-state index in [1.807, 2.05) is 24.4 Å². The second-order valence-corrected chi connectivity index (χ2v) is 9.22. The number of hydrogen-bond acceptors (Lipinski definition) is 3. The Morgan fingerprint density at radius 2 is 2.17 bits per heavy atom. The molecule has 5 nitrogen and oxygen atoms in total. The number of piperidine rings is 1. The summed E-state index contributed by atoms with van der Waals surface area (Å²) in [6.45, 7) is 3.53. The Morgan fingerprint density at radius 3 is 2.93 bits per heavy atom. The molecule has 1 aromatic carbocycles. The third-order valence-electron chi connectivity index (χ3n) is 7.36. The van der Waals surface area contributed by atoms with Crippen molar-refractivity contribution in [3.63, 3.8) is 0 Å². The van der Waals surface area contributed by atoms with Crippen LogP contribution in [0.5, 0.6) is 0 Å². The highest BCUT2D eigenvalue weighted by atomic mass is 35.5. The van der Waals surface area contributed by atoms with Crippen LogP contribution in [-0.4, -0.2) is 46.4 Å². The van der Waals surface area contributed by atoms with Crippen molar-refractivity contribution in [1.29, 1.82) is 0 Å². The lowest BCUT2D eigenvalue weighted by Gasteiger charge is -2.51. The number of likely N-dealkylation sites (tertiary alicyclic amines) is 1. The molecule has 29 heavy (non-hydrogen) atoms. The molecule has 0 bridgehead atoms. The lowest BCUT2D eigenvalue weighted by atomic mass is 9.65. The zero-order valence-electron chi connectivity index (χ0n) is 16.9. The van der Waals surface area contributed by atoms with Gasteiger partial charge in [0, 0.05) is 35.6 Å². The summed E-state index contributed by atoms with van der Waals surface area (Å²) in [7, 11) is 0. The number of rotatable bonds is 6. The number of aromatic amines is 1. The molecule has 1 aliphatic carbocycles. The fraction of sp³-hybridized carbons (Fsp3) is 0.565. The Kier molecular flexibility index (Phi) is 5.71. The molecule has 2 N–H and O–H groups in total. The minimum atomic E-state index is -0.661. The van der Waals surface area contributed by atoms with Crippen LogP contribution in [0, 0.1) is 11.3 Å². The van der Waals surface area contributed by atoms with E-state index in [0.717, 1.165) is 67.8 Å². The highest BCUT2D eigenvalue weighted by Crippen LogP contribution is 2.47. The predicted molar refractivity (Wildman–Crippen MR) is 114 cm³/mol. The molecular weight excluding hydrogens is 388 g/mol. The molecule has 1 aromatic heterocycles. The van der Waals surface area contributed by atoms with E-state index >= 15 is 0 Å². The number of carboxylic acid groups (broad SMARTS) is 1. The highest BCUT2D eigenvalue weighted by Gasteiger charge is 2.51. The summed E-state index contributed by atoms with van der Waals surface area (Å²) in [5, 5.41) is 11.7. The molecule has 0 radical (unpaired) electrons. The van der Waals surface area contributed by atoms with Gasteiger partial charge in [-0.15, -0.1) is 0 Å². The van der Waals surface area contributed by atoms with E-state index in [-0.39, 0.29) is 17.9 Å². The average molecular weight is 417 g/mol. The molecule has 1 saturated heterocycles. The molecule has 1 aliphatic heterocycles. The Morgan fingerprint density at radius 1 is 1.38 bits per heavy atom. The van der Waals surface area contributed by atoms with Crippen LogP contribution in [0.3, 0.4) is 0 Å². The fourth-order valence-corrected chi connectivity index (χ4v) is 6.00. The van der Waals surface area contributed by atoms with Crippen molar-refractivity contribution in [1.82, 2.24) is 9.88 Å². The van der Waals surface area contributed by atoms with Gasteiger partial charge in [-0.3, -0.25) is 9.69 Å². The number of hydrogen-bond donors (Lipinski definition) is 2. The molecule has 4 rings (SSSR count). The van der Waals surface area contributed by atoms with Crippen LogP contribution in [-0.2, 0) is 9.59 Å². The molecular formula is C23H29ClN2O3. The van der Waals surface area contributed by atoms with Gasteiger partial charge in [-0.25, -0.2) is 0 Å². The maximum atomic E-state index is 12.2. The van der Waals surface area contributed by atoms with Crippen LogP contribution < -0.4 is 0 Å². The molecule has 2 heterocycles. The van der Waals surface area contributed by atoms with E-state index in [0.29, 0.717) is 11.6 Å². The summed E-state index contributed by atoms with van der Waals surface area (Å²) < 4.78 is 0. The molecule has 2 aliphatic rings. The Labute approximate surface area is 176 Å². The number of fused-ring (bicyclic) bond motifs is 2. The van der Waals surface area contributed by atoms with Crippen LogP contribution in [0.15, 0.2) is 24.4 Å². The first-order valence-electron chi connectivity index (χ1n) is 10.7. The number of nitrogens with zero attached hydrogens (tertiary/aromatic N) is 1. The van der Waals surface area contributed by atoms with Gasteiger partial charge in [0.05, 0.1) is 10.4 Å². The summed E-state index contributed by atoms with van der Waals surface area (Å²) in [5.41, 5.74) is 1.38. The van der Waals surface area contributed by atoms with Crippen molar-refractivity contribution >= 4 is 34.8 Å². The van der Waals surface area contributed by atoms with Crippen LogP contribution in [0.25, 0.3) is 10.9 Å². The van der Waals surface area contributed by atoms with Gasteiger partial charge in [0.25, 0.3) is 0 Å². The van der Waals surface area contributed by atoms with Crippen LogP contribution in [0.4, 0.5) is 0 Å². The normalized spacial score (nSPS) is 27.3.